The van der Waals surface area contributed by atoms with E-state index in [0.29, 0.717) is 17.0 Å². The van der Waals surface area contributed by atoms with Crippen LogP contribution in [0.5, 0.6) is 0 Å². The average molecular weight is 354 g/mol. The fourth-order valence-corrected chi connectivity index (χ4v) is 3.82. The molecule has 25 heavy (non-hydrogen) atoms. The summed E-state index contributed by atoms with van der Waals surface area (Å²) in [5, 5.41) is 11.0. The summed E-state index contributed by atoms with van der Waals surface area (Å²) in [6.07, 6.45) is 2.50. The van der Waals surface area contributed by atoms with Gasteiger partial charge >= 0.3 is 5.97 Å². The Morgan fingerprint density at radius 2 is 2.00 bits per heavy atom. The standard InChI is InChI=1S/C18H18N4O2S/c1-24-16(23)10-25-18-21-20-17(19)22(18)15-9-8-12(11-6-7-11)13-4-2-3-5-14(13)15/h2-5,8-9,11H,6-7,10H2,1H3,(H2,19,20). The summed E-state index contributed by atoms with van der Waals surface area (Å²) in [5.41, 5.74) is 8.38. The normalized spacial score (nSPS) is 14.0. The zero-order chi connectivity index (χ0) is 17.4. The molecule has 3 aromatic rings. The van der Waals surface area contributed by atoms with Crippen molar-refractivity contribution < 1.29 is 9.53 Å². The summed E-state index contributed by atoms with van der Waals surface area (Å²) >= 11 is 1.26. The summed E-state index contributed by atoms with van der Waals surface area (Å²) in [5.74, 6) is 0.807. The highest BCUT2D eigenvalue weighted by Gasteiger charge is 2.26. The monoisotopic (exact) mass is 354 g/mol. The maximum atomic E-state index is 11.4. The predicted octanol–water partition coefficient (Wildman–Crippen LogP) is 3.15. The topological polar surface area (TPSA) is 83.0 Å². The van der Waals surface area contributed by atoms with Gasteiger partial charge in [-0.15, -0.1) is 10.2 Å². The summed E-state index contributed by atoms with van der Waals surface area (Å²) in [6.45, 7) is 0. The first kappa shape index (κ1) is 16.0. The Labute approximate surface area is 149 Å². The number of thioether (sulfide) groups is 1. The molecule has 0 radical (unpaired) electrons. The van der Waals surface area contributed by atoms with E-state index in [1.54, 1.807) is 4.57 Å². The van der Waals surface area contributed by atoms with E-state index >= 15 is 0 Å². The number of methoxy groups -OCH3 is 1. The van der Waals surface area contributed by atoms with Crippen molar-refractivity contribution in [3.05, 3.63) is 42.0 Å². The molecule has 1 fully saturated rings. The number of carbonyl (C=O) groups excluding carboxylic acids is 1. The van der Waals surface area contributed by atoms with Crippen molar-refractivity contribution in [2.24, 2.45) is 0 Å². The molecular weight excluding hydrogens is 336 g/mol. The zero-order valence-corrected chi connectivity index (χ0v) is 14.6. The molecule has 6 nitrogen and oxygen atoms in total. The minimum absolute atomic E-state index is 0.159. The molecule has 1 aliphatic carbocycles. The highest BCUT2D eigenvalue weighted by atomic mass is 32.2. The number of nitrogen functional groups attached to an aromatic ring is 1. The van der Waals surface area contributed by atoms with Crippen molar-refractivity contribution in [2.45, 2.75) is 23.9 Å². The lowest BCUT2D eigenvalue weighted by molar-refractivity contribution is -0.137. The Balaban J connectivity index is 1.81. The molecule has 0 amide bonds. The van der Waals surface area contributed by atoms with Crippen molar-refractivity contribution in [1.29, 1.82) is 0 Å². The molecule has 4 rings (SSSR count). The van der Waals surface area contributed by atoms with Crippen molar-refractivity contribution >= 4 is 34.5 Å². The summed E-state index contributed by atoms with van der Waals surface area (Å²) in [6, 6.07) is 12.5. The number of ether oxygens (including phenoxy) is 1. The molecule has 0 saturated heterocycles. The van der Waals surface area contributed by atoms with E-state index in [1.165, 1.54) is 42.7 Å². The fourth-order valence-electron chi connectivity index (χ4n) is 3.04. The first-order valence-electron chi connectivity index (χ1n) is 8.11. The number of carbonyl (C=O) groups is 1. The Kier molecular flexibility index (Phi) is 4.09. The van der Waals surface area contributed by atoms with Gasteiger partial charge in [0.2, 0.25) is 5.95 Å². The largest absolute Gasteiger partial charge is 0.468 e. The van der Waals surface area contributed by atoms with Crippen LogP contribution < -0.4 is 5.73 Å². The lowest BCUT2D eigenvalue weighted by Crippen LogP contribution is -2.07. The van der Waals surface area contributed by atoms with Crippen LogP contribution in [-0.2, 0) is 9.53 Å². The van der Waals surface area contributed by atoms with E-state index < -0.39 is 0 Å². The Morgan fingerprint density at radius 1 is 1.24 bits per heavy atom. The van der Waals surface area contributed by atoms with E-state index in [1.807, 2.05) is 6.07 Å². The maximum Gasteiger partial charge on any atom is 0.316 e. The molecule has 2 aromatic carbocycles. The molecule has 0 aliphatic heterocycles. The fraction of sp³-hybridized carbons (Fsp3) is 0.278. The van der Waals surface area contributed by atoms with Gasteiger partial charge in [-0.2, -0.15) is 0 Å². The summed E-state index contributed by atoms with van der Waals surface area (Å²) in [7, 11) is 1.37. The van der Waals surface area contributed by atoms with Crippen LogP contribution in [0.15, 0.2) is 41.6 Å². The quantitative estimate of drug-likeness (QED) is 0.560. The molecule has 7 heteroatoms. The van der Waals surface area contributed by atoms with Crippen LogP contribution in [0.2, 0.25) is 0 Å². The first-order chi connectivity index (χ1) is 12.2. The minimum atomic E-state index is -0.313. The van der Waals surface area contributed by atoms with Crippen LogP contribution in [0.4, 0.5) is 5.95 Å². The maximum absolute atomic E-state index is 11.4. The van der Waals surface area contributed by atoms with Crippen molar-refractivity contribution in [1.82, 2.24) is 14.8 Å². The van der Waals surface area contributed by atoms with Crippen LogP contribution in [0.1, 0.15) is 24.3 Å². The minimum Gasteiger partial charge on any atom is -0.468 e. The van der Waals surface area contributed by atoms with Gasteiger partial charge in [-0.05, 0) is 35.8 Å². The molecule has 0 spiro atoms. The van der Waals surface area contributed by atoms with Gasteiger partial charge in [0, 0.05) is 5.39 Å². The smallest absolute Gasteiger partial charge is 0.316 e. The molecule has 0 unspecified atom stereocenters. The van der Waals surface area contributed by atoms with E-state index in [0.717, 1.165) is 11.1 Å². The third-order valence-electron chi connectivity index (χ3n) is 4.40. The van der Waals surface area contributed by atoms with E-state index in [4.69, 9.17) is 10.5 Å². The SMILES string of the molecule is COC(=O)CSc1nnc(N)n1-c1ccc(C2CC2)c2ccccc12. The van der Waals surface area contributed by atoms with Crippen molar-refractivity contribution in [2.75, 3.05) is 18.6 Å². The van der Waals surface area contributed by atoms with Gasteiger partial charge < -0.3 is 10.5 Å². The molecule has 128 valence electrons. The number of esters is 1. The number of nitrogens with zero attached hydrogens (tertiary/aromatic N) is 3. The lowest BCUT2D eigenvalue weighted by atomic mass is 9.99. The Morgan fingerprint density at radius 3 is 2.72 bits per heavy atom. The van der Waals surface area contributed by atoms with Crippen LogP contribution >= 0.6 is 11.8 Å². The second kappa shape index (κ2) is 6.40. The van der Waals surface area contributed by atoms with Gasteiger partial charge in [-0.3, -0.25) is 9.36 Å². The second-order valence-electron chi connectivity index (χ2n) is 6.03. The summed E-state index contributed by atoms with van der Waals surface area (Å²) < 4.78 is 6.49. The number of fused-ring (bicyclic) bond motifs is 1. The molecule has 0 atom stereocenters. The van der Waals surface area contributed by atoms with E-state index in [9.17, 15) is 4.79 Å². The van der Waals surface area contributed by atoms with Crippen LogP contribution in [0.3, 0.4) is 0 Å². The number of rotatable bonds is 5. The molecular formula is C18H18N4O2S. The number of hydrogen-bond donors (Lipinski definition) is 1. The van der Waals surface area contributed by atoms with Crippen molar-refractivity contribution in [3.63, 3.8) is 0 Å². The lowest BCUT2D eigenvalue weighted by Gasteiger charge is -2.14. The number of benzene rings is 2. The van der Waals surface area contributed by atoms with Gasteiger partial charge in [0.1, 0.15) is 0 Å². The van der Waals surface area contributed by atoms with Crippen molar-refractivity contribution in [3.8, 4) is 5.69 Å². The van der Waals surface area contributed by atoms with Gasteiger partial charge in [0.25, 0.3) is 0 Å². The first-order valence-corrected chi connectivity index (χ1v) is 9.10. The molecule has 1 aliphatic rings. The van der Waals surface area contributed by atoms with Gasteiger partial charge in [-0.25, -0.2) is 0 Å². The highest BCUT2D eigenvalue weighted by Crippen LogP contribution is 2.44. The zero-order valence-electron chi connectivity index (χ0n) is 13.8. The Bertz CT molecular complexity index is 949. The number of aromatic nitrogens is 3. The average Bonchev–Trinajstić information content (AvgIpc) is 3.42. The van der Waals surface area contributed by atoms with Gasteiger partial charge in [0.05, 0.1) is 18.6 Å². The van der Waals surface area contributed by atoms with Gasteiger partial charge in [0.15, 0.2) is 5.16 Å². The number of anilines is 1. The molecule has 2 N–H and O–H groups in total. The second-order valence-corrected chi connectivity index (χ2v) is 6.98. The Hall–Kier alpha value is -2.54. The third-order valence-corrected chi connectivity index (χ3v) is 5.30. The third kappa shape index (κ3) is 2.95. The molecule has 1 saturated carbocycles. The van der Waals surface area contributed by atoms with Gasteiger partial charge in [-0.1, -0.05) is 42.1 Å². The molecule has 1 aromatic heterocycles. The predicted molar refractivity (Wildman–Crippen MR) is 98.0 cm³/mol. The van der Waals surface area contributed by atoms with Crippen LogP contribution in [0, 0.1) is 0 Å². The highest BCUT2D eigenvalue weighted by molar-refractivity contribution is 7.99. The number of hydrogen-bond acceptors (Lipinski definition) is 6. The number of nitrogens with two attached hydrogens (primary N) is 1. The molecule has 1 heterocycles. The van der Waals surface area contributed by atoms with Crippen LogP contribution in [-0.4, -0.2) is 33.6 Å². The molecule has 0 bridgehead atoms. The van der Waals surface area contributed by atoms with E-state index in [2.05, 4.69) is 40.5 Å². The van der Waals surface area contributed by atoms with E-state index in [-0.39, 0.29) is 11.7 Å². The summed E-state index contributed by atoms with van der Waals surface area (Å²) in [4.78, 5) is 11.4. The van der Waals surface area contributed by atoms with Crippen LogP contribution in [0.25, 0.3) is 16.5 Å².